The number of halogens is 1. The van der Waals surface area contributed by atoms with Gasteiger partial charge in [0.15, 0.2) is 9.84 Å². The summed E-state index contributed by atoms with van der Waals surface area (Å²) in [6, 6.07) is 25.6. The first-order chi connectivity index (χ1) is 11.4. The van der Waals surface area contributed by atoms with E-state index in [1.54, 1.807) is 12.1 Å². The molecule has 0 saturated carbocycles. The number of benzene rings is 3. The number of sulfone groups is 1. The minimum absolute atomic E-state index is 0.0240. The van der Waals surface area contributed by atoms with Gasteiger partial charge in [0.2, 0.25) is 0 Å². The van der Waals surface area contributed by atoms with E-state index in [0.29, 0.717) is 4.90 Å². The van der Waals surface area contributed by atoms with Crippen LogP contribution in [-0.2, 0) is 9.84 Å². The molecule has 1 atom stereocenters. The molecule has 0 spiro atoms. The van der Waals surface area contributed by atoms with E-state index in [2.05, 4.69) is 52.3 Å². The van der Waals surface area contributed by atoms with Gasteiger partial charge >= 0.3 is 0 Å². The second kappa shape index (κ2) is 6.91. The van der Waals surface area contributed by atoms with Crippen molar-refractivity contribution in [3.8, 4) is 11.1 Å². The van der Waals surface area contributed by atoms with Crippen molar-refractivity contribution in [1.29, 1.82) is 0 Å². The topological polar surface area (TPSA) is 34.1 Å². The van der Waals surface area contributed by atoms with Gasteiger partial charge in [-0.25, -0.2) is 8.42 Å². The molecule has 4 heteroatoms. The van der Waals surface area contributed by atoms with Gasteiger partial charge in [-0.1, -0.05) is 82.7 Å². The van der Waals surface area contributed by atoms with Gasteiger partial charge in [0.1, 0.15) is 0 Å². The smallest absolute Gasteiger partial charge is 0.175 e. The number of alkyl halides is 1. The molecule has 0 heterocycles. The van der Waals surface area contributed by atoms with E-state index in [1.807, 2.05) is 30.3 Å². The van der Waals surface area contributed by atoms with E-state index in [9.17, 15) is 8.42 Å². The molecular formula is C20H17BrO2S. The Morgan fingerprint density at radius 3 is 1.67 bits per heavy atom. The molecule has 2 nitrogen and oxygen atoms in total. The van der Waals surface area contributed by atoms with Crippen LogP contribution in [0.5, 0.6) is 0 Å². The van der Waals surface area contributed by atoms with Crippen LogP contribution in [0.15, 0.2) is 83.8 Å². The second-order valence-corrected chi connectivity index (χ2v) is 8.62. The first kappa shape index (κ1) is 16.9. The van der Waals surface area contributed by atoms with Crippen LogP contribution in [-0.4, -0.2) is 14.7 Å². The van der Waals surface area contributed by atoms with E-state index in [-0.39, 0.29) is 4.83 Å². The molecule has 0 aliphatic carbocycles. The lowest BCUT2D eigenvalue weighted by molar-refractivity contribution is 0.602. The van der Waals surface area contributed by atoms with Gasteiger partial charge in [0, 0.05) is 6.26 Å². The van der Waals surface area contributed by atoms with Crippen LogP contribution >= 0.6 is 15.9 Å². The van der Waals surface area contributed by atoms with Crippen molar-refractivity contribution >= 4 is 25.8 Å². The van der Waals surface area contributed by atoms with Crippen molar-refractivity contribution in [3.05, 3.63) is 90.0 Å². The molecule has 0 aromatic heterocycles. The third-order valence-corrected chi connectivity index (χ3v) is 6.10. The van der Waals surface area contributed by atoms with E-state index in [1.165, 1.54) is 17.4 Å². The summed E-state index contributed by atoms with van der Waals surface area (Å²) in [6.45, 7) is 0. The molecule has 0 radical (unpaired) electrons. The summed E-state index contributed by atoms with van der Waals surface area (Å²) >= 11 is 3.70. The van der Waals surface area contributed by atoms with E-state index in [0.717, 1.165) is 11.1 Å². The van der Waals surface area contributed by atoms with Crippen molar-refractivity contribution in [2.75, 3.05) is 6.26 Å². The first-order valence-electron chi connectivity index (χ1n) is 7.54. The minimum atomic E-state index is -3.16. The summed E-state index contributed by atoms with van der Waals surface area (Å²) in [5.74, 6) is 0. The van der Waals surface area contributed by atoms with Gasteiger partial charge in [0.25, 0.3) is 0 Å². The molecule has 1 unspecified atom stereocenters. The Hall–Kier alpha value is -1.91. The van der Waals surface area contributed by atoms with Crippen LogP contribution in [0.2, 0.25) is 0 Å². The van der Waals surface area contributed by atoms with Gasteiger partial charge in [-0.3, -0.25) is 0 Å². The van der Waals surface area contributed by atoms with Crippen molar-refractivity contribution < 1.29 is 8.42 Å². The normalized spacial score (nSPS) is 12.8. The minimum Gasteiger partial charge on any atom is -0.224 e. The summed E-state index contributed by atoms with van der Waals surface area (Å²) in [4.78, 5) is 0.362. The van der Waals surface area contributed by atoms with Crippen molar-refractivity contribution in [2.24, 2.45) is 0 Å². The Kier molecular flexibility index (Phi) is 4.88. The van der Waals surface area contributed by atoms with Crippen LogP contribution in [0.4, 0.5) is 0 Å². The molecule has 0 aliphatic heterocycles. The molecule has 0 amide bonds. The summed E-state index contributed by atoms with van der Waals surface area (Å²) in [6.07, 6.45) is 1.22. The molecule has 0 N–H and O–H groups in total. The SMILES string of the molecule is CS(=O)(=O)c1ccc(C(Br)c2ccc(-c3ccccc3)cc2)cc1. The zero-order valence-corrected chi connectivity index (χ0v) is 15.6. The van der Waals surface area contributed by atoms with Crippen molar-refractivity contribution in [3.63, 3.8) is 0 Å². The largest absolute Gasteiger partial charge is 0.224 e. The highest BCUT2D eigenvalue weighted by Gasteiger charge is 2.12. The average molecular weight is 401 g/mol. The fraction of sp³-hybridized carbons (Fsp3) is 0.100. The molecule has 24 heavy (non-hydrogen) atoms. The third-order valence-electron chi connectivity index (χ3n) is 3.91. The maximum absolute atomic E-state index is 11.5. The summed E-state index contributed by atoms with van der Waals surface area (Å²) in [5, 5.41) is 0. The van der Waals surface area contributed by atoms with Crippen LogP contribution < -0.4 is 0 Å². The van der Waals surface area contributed by atoms with E-state index >= 15 is 0 Å². The van der Waals surface area contributed by atoms with Crippen molar-refractivity contribution in [1.82, 2.24) is 0 Å². The lowest BCUT2D eigenvalue weighted by Crippen LogP contribution is -1.98. The lowest BCUT2D eigenvalue weighted by Gasteiger charge is -2.12. The van der Waals surface area contributed by atoms with E-state index in [4.69, 9.17) is 0 Å². The lowest BCUT2D eigenvalue weighted by atomic mass is 10.0. The van der Waals surface area contributed by atoms with Gasteiger partial charge in [0.05, 0.1) is 9.72 Å². The molecule has 0 bridgehead atoms. The Morgan fingerprint density at radius 2 is 1.17 bits per heavy atom. The molecular weight excluding hydrogens is 384 g/mol. The monoisotopic (exact) mass is 400 g/mol. The number of rotatable bonds is 4. The third kappa shape index (κ3) is 3.77. The predicted octanol–water partition coefficient (Wildman–Crippen LogP) is 5.24. The van der Waals surface area contributed by atoms with Gasteiger partial charge in [-0.15, -0.1) is 0 Å². The molecule has 3 aromatic carbocycles. The van der Waals surface area contributed by atoms with Crippen LogP contribution in [0, 0.1) is 0 Å². The van der Waals surface area contributed by atoms with Gasteiger partial charge in [-0.05, 0) is 34.4 Å². The predicted molar refractivity (Wildman–Crippen MR) is 102 cm³/mol. The highest BCUT2D eigenvalue weighted by atomic mass is 79.9. The van der Waals surface area contributed by atoms with Gasteiger partial charge < -0.3 is 0 Å². The quantitative estimate of drug-likeness (QED) is 0.561. The Balaban J connectivity index is 1.84. The molecule has 122 valence electrons. The summed E-state index contributed by atoms with van der Waals surface area (Å²) < 4.78 is 23.1. The zero-order valence-electron chi connectivity index (χ0n) is 13.2. The Labute approximate surface area is 151 Å². The fourth-order valence-corrected chi connectivity index (χ4v) is 3.79. The van der Waals surface area contributed by atoms with Crippen molar-refractivity contribution in [2.45, 2.75) is 9.72 Å². The van der Waals surface area contributed by atoms with Crippen LogP contribution in [0.1, 0.15) is 16.0 Å². The zero-order chi connectivity index (χ0) is 17.2. The highest BCUT2D eigenvalue weighted by Crippen LogP contribution is 2.32. The molecule has 0 fully saturated rings. The number of hydrogen-bond acceptors (Lipinski definition) is 2. The second-order valence-electron chi connectivity index (χ2n) is 5.69. The molecule has 3 aromatic rings. The summed E-state index contributed by atoms with van der Waals surface area (Å²) in [7, 11) is -3.16. The first-order valence-corrected chi connectivity index (χ1v) is 10.4. The standard InChI is InChI=1S/C20H17BrO2S/c1-24(22,23)19-13-11-18(12-14-19)20(21)17-9-7-16(8-10-17)15-5-3-2-4-6-15/h2-14,20H,1H3. The van der Waals surface area contributed by atoms with E-state index < -0.39 is 9.84 Å². The molecule has 3 rings (SSSR count). The Morgan fingerprint density at radius 1 is 0.708 bits per heavy atom. The van der Waals surface area contributed by atoms with Crippen LogP contribution in [0.3, 0.4) is 0 Å². The fourth-order valence-electron chi connectivity index (χ4n) is 2.55. The average Bonchev–Trinajstić information content (AvgIpc) is 2.61. The molecule has 0 saturated heterocycles. The molecule has 0 aliphatic rings. The van der Waals surface area contributed by atoms with Crippen LogP contribution in [0.25, 0.3) is 11.1 Å². The van der Waals surface area contributed by atoms with Gasteiger partial charge in [-0.2, -0.15) is 0 Å². The summed E-state index contributed by atoms with van der Waals surface area (Å²) in [5.41, 5.74) is 4.51. The maximum Gasteiger partial charge on any atom is 0.175 e. The highest BCUT2D eigenvalue weighted by molar-refractivity contribution is 9.09. The number of hydrogen-bond donors (Lipinski definition) is 0. The maximum atomic E-state index is 11.5. The Bertz CT molecular complexity index is 916.